The van der Waals surface area contributed by atoms with Gasteiger partial charge in [0.15, 0.2) is 15.0 Å². The van der Waals surface area contributed by atoms with Crippen LogP contribution in [0.5, 0.6) is 0 Å². The number of anilines is 1. The van der Waals surface area contributed by atoms with Crippen LogP contribution in [0.4, 0.5) is 18.9 Å². The van der Waals surface area contributed by atoms with Crippen molar-refractivity contribution in [2.24, 2.45) is 10.9 Å². The molecule has 28 heavy (non-hydrogen) atoms. The average Bonchev–Trinajstić information content (AvgIpc) is 3.04. The lowest BCUT2D eigenvalue weighted by molar-refractivity contribution is -0.137. The summed E-state index contributed by atoms with van der Waals surface area (Å²) in [6.45, 7) is 3.53. The summed E-state index contributed by atoms with van der Waals surface area (Å²) >= 11 is 7.27. The molecular weight excluding hydrogens is 437 g/mol. The van der Waals surface area contributed by atoms with E-state index in [-0.39, 0.29) is 33.3 Å². The monoisotopic (exact) mass is 454 g/mol. The van der Waals surface area contributed by atoms with E-state index in [1.807, 2.05) is 6.92 Å². The second kappa shape index (κ2) is 7.53. The van der Waals surface area contributed by atoms with E-state index in [9.17, 15) is 26.4 Å². The van der Waals surface area contributed by atoms with Gasteiger partial charge in [-0.1, -0.05) is 37.2 Å². The third-order valence-corrected chi connectivity index (χ3v) is 8.37. The maximum Gasteiger partial charge on any atom is 0.416 e. The molecule has 11 heteroatoms. The summed E-state index contributed by atoms with van der Waals surface area (Å²) in [7, 11) is -3.34. The summed E-state index contributed by atoms with van der Waals surface area (Å²) in [6, 6.07) is 2.23. The molecule has 0 aliphatic carbocycles. The predicted octanol–water partition coefficient (Wildman–Crippen LogP) is 4.01. The number of nitrogens with zero attached hydrogens (tertiary/aromatic N) is 2. The van der Waals surface area contributed by atoms with Crippen molar-refractivity contribution >= 4 is 50.0 Å². The van der Waals surface area contributed by atoms with Crippen LogP contribution in [-0.2, 0) is 20.8 Å². The molecule has 0 spiro atoms. The highest BCUT2D eigenvalue weighted by atomic mass is 35.5. The van der Waals surface area contributed by atoms with Gasteiger partial charge in [-0.05, 0) is 24.6 Å². The fourth-order valence-electron chi connectivity index (χ4n) is 3.10. The van der Waals surface area contributed by atoms with Crippen LogP contribution < -0.4 is 4.90 Å². The lowest BCUT2D eigenvalue weighted by Gasteiger charge is -2.26. The van der Waals surface area contributed by atoms with E-state index < -0.39 is 38.8 Å². The molecule has 1 amide bonds. The molecule has 154 valence electrons. The minimum absolute atomic E-state index is 0.00398. The Morgan fingerprint density at radius 3 is 2.68 bits per heavy atom. The predicted molar refractivity (Wildman–Crippen MR) is 105 cm³/mol. The zero-order valence-electron chi connectivity index (χ0n) is 15.0. The molecule has 0 radical (unpaired) electrons. The summed E-state index contributed by atoms with van der Waals surface area (Å²) in [5.74, 6) is -1.10. The molecule has 2 heterocycles. The molecule has 2 aliphatic rings. The number of alkyl halides is 3. The quantitative estimate of drug-likeness (QED) is 0.690. The molecule has 2 aliphatic heterocycles. The second-order valence-electron chi connectivity index (χ2n) is 6.88. The van der Waals surface area contributed by atoms with E-state index >= 15 is 0 Å². The fourth-order valence-corrected chi connectivity index (χ4v) is 7.22. The van der Waals surface area contributed by atoms with Crippen LogP contribution in [-0.4, -0.2) is 42.3 Å². The number of rotatable bonds is 3. The van der Waals surface area contributed by atoms with E-state index in [0.29, 0.717) is 6.42 Å². The third-order valence-electron chi connectivity index (χ3n) is 4.84. The first-order valence-electron chi connectivity index (χ1n) is 8.58. The zero-order valence-corrected chi connectivity index (χ0v) is 17.4. The number of hydrogen-bond donors (Lipinski definition) is 0. The summed E-state index contributed by atoms with van der Waals surface area (Å²) in [5.41, 5.74) is -0.905. The Morgan fingerprint density at radius 1 is 1.39 bits per heavy atom. The number of benzene rings is 1. The first-order valence-corrected chi connectivity index (χ1v) is 11.7. The number of sulfone groups is 1. The molecule has 3 rings (SSSR count). The van der Waals surface area contributed by atoms with Crippen molar-refractivity contribution in [3.05, 3.63) is 28.8 Å². The van der Waals surface area contributed by atoms with Gasteiger partial charge in [0.25, 0.3) is 5.91 Å². The lowest BCUT2D eigenvalue weighted by Crippen LogP contribution is -2.38. The van der Waals surface area contributed by atoms with Crippen molar-refractivity contribution in [2.75, 3.05) is 16.4 Å². The minimum Gasteiger partial charge on any atom is -0.314 e. The van der Waals surface area contributed by atoms with E-state index in [2.05, 4.69) is 4.99 Å². The molecule has 0 aromatic heterocycles. The topological polar surface area (TPSA) is 66.8 Å². The van der Waals surface area contributed by atoms with Gasteiger partial charge in [0.2, 0.25) is 0 Å². The highest BCUT2D eigenvalue weighted by Gasteiger charge is 2.50. The summed E-state index contributed by atoms with van der Waals surface area (Å²) in [4.78, 5) is 17.8. The van der Waals surface area contributed by atoms with E-state index in [1.54, 1.807) is 6.92 Å². The highest BCUT2D eigenvalue weighted by Crippen LogP contribution is 2.44. The van der Waals surface area contributed by atoms with Crippen molar-refractivity contribution < 1.29 is 26.4 Å². The van der Waals surface area contributed by atoms with Crippen molar-refractivity contribution in [1.82, 2.24) is 0 Å². The van der Waals surface area contributed by atoms with Gasteiger partial charge in [-0.3, -0.25) is 4.79 Å². The molecule has 0 unspecified atom stereocenters. The Balaban J connectivity index is 2.10. The van der Waals surface area contributed by atoms with Crippen LogP contribution in [0.25, 0.3) is 0 Å². The molecule has 1 aromatic carbocycles. The molecule has 1 aromatic rings. The Bertz CT molecular complexity index is 934. The number of amidine groups is 1. The second-order valence-corrected chi connectivity index (χ2v) is 10.6. The van der Waals surface area contributed by atoms with Crippen molar-refractivity contribution in [2.45, 2.75) is 37.7 Å². The van der Waals surface area contributed by atoms with Gasteiger partial charge in [-0.25, -0.2) is 8.42 Å². The van der Waals surface area contributed by atoms with Crippen LogP contribution in [0.1, 0.15) is 25.8 Å². The Kier molecular flexibility index (Phi) is 5.77. The maximum absolute atomic E-state index is 13.2. The van der Waals surface area contributed by atoms with Crippen molar-refractivity contribution in [1.29, 1.82) is 0 Å². The standard InChI is InChI=1S/C17H18ClF3N2O3S2/c1-3-9(2)15(24)22-16-23(13-7-28(25,26)8-14(13)27-16)12-6-10(17(19,20)21)4-5-11(12)18/h4-6,9,13-14H,3,7-8H2,1-2H3/t9-,13+,14-/m0/s1. The fraction of sp³-hybridized carbons (Fsp3) is 0.529. The van der Waals surface area contributed by atoms with Gasteiger partial charge >= 0.3 is 6.18 Å². The maximum atomic E-state index is 13.2. The van der Waals surface area contributed by atoms with Crippen molar-refractivity contribution in [3.8, 4) is 0 Å². The summed E-state index contributed by atoms with van der Waals surface area (Å²) < 4.78 is 63.7. The van der Waals surface area contributed by atoms with Crippen LogP contribution in [0.3, 0.4) is 0 Å². The van der Waals surface area contributed by atoms with Crippen LogP contribution in [0.15, 0.2) is 23.2 Å². The number of aliphatic imine (C=N–C) groups is 1. The van der Waals surface area contributed by atoms with Gasteiger partial charge in [0.1, 0.15) is 0 Å². The van der Waals surface area contributed by atoms with Crippen LogP contribution in [0.2, 0.25) is 5.02 Å². The third kappa shape index (κ3) is 4.18. The number of carbonyl (C=O) groups excluding carboxylic acids is 1. The highest BCUT2D eigenvalue weighted by molar-refractivity contribution is 8.16. The lowest BCUT2D eigenvalue weighted by atomic mass is 10.1. The first kappa shape index (κ1) is 21.4. The minimum atomic E-state index is -4.59. The van der Waals surface area contributed by atoms with Gasteiger partial charge in [-0.15, -0.1) is 0 Å². The van der Waals surface area contributed by atoms with Gasteiger partial charge < -0.3 is 4.90 Å². The average molecular weight is 455 g/mol. The van der Waals surface area contributed by atoms with E-state index in [4.69, 9.17) is 11.6 Å². The van der Waals surface area contributed by atoms with Gasteiger partial charge in [0, 0.05) is 11.2 Å². The molecule has 0 bridgehead atoms. The Hall–Kier alpha value is -1.26. The first-order chi connectivity index (χ1) is 12.9. The van der Waals surface area contributed by atoms with Crippen LogP contribution in [0, 0.1) is 5.92 Å². The Labute approximate surface area is 170 Å². The molecule has 2 saturated heterocycles. The smallest absolute Gasteiger partial charge is 0.314 e. The van der Waals surface area contributed by atoms with Gasteiger partial charge in [0.05, 0.1) is 33.8 Å². The largest absolute Gasteiger partial charge is 0.416 e. The molecule has 0 saturated carbocycles. The molecule has 2 fully saturated rings. The molecule has 0 N–H and O–H groups in total. The van der Waals surface area contributed by atoms with Gasteiger partial charge in [-0.2, -0.15) is 18.2 Å². The number of carbonyl (C=O) groups is 1. The van der Waals surface area contributed by atoms with Crippen molar-refractivity contribution in [3.63, 3.8) is 0 Å². The summed E-state index contributed by atoms with van der Waals surface area (Å²) in [5, 5.41) is -0.197. The normalized spacial score (nSPS) is 26.5. The Morgan fingerprint density at radius 2 is 2.07 bits per heavy atom. The van der Waals surface area contributed by atoms with E-state index in [1.165, 1.54) is 4.90 Å². The number of thioether (sulfide) groups is 1. The molecular formula is C17H18ClF3N2O3S2. The number of amides is 1. The molecule has 3 atom stereocenters. The van der Waals surface area contributed by atoms with Crippen LogP contribution >= 0.6 is 23.4 Å². The molecule has 5 nitrogen and oxygen atoms in total. The number of fused-ring (bicyclic) bond motifs is 1. The zero-order chi connectivity index (χ0) is 20.9. The number of hydrogen-bond acceptors (Lipinski definition) is 4. The number of halogens is 4. The van der Waals surface area contributed by atoms with E-state index in [0.717, 1.165) is 30.0 Å². The SMILES string of the molecule is CC[C@H](C)C(=O)N=C1S[C@H]2CS(=O)(=O)C[C@H]2N1c1cc(C(F)(F)F)ccc1Cl. The summed E-state index contributed by atoms with van der Waals surface area (Å²) in [6.07, 6.45) is -4.02.